The van der Waals surface area contributed by atoms with Gasteiger partial charge in [0.2, 0.25) is 0 Å². The SMILES string of the molecule is CCCCCCCCCCCCCCCOC(=O)CCCCCCCCC(=O)OCCCCCCC. The Bertz CT molecular complexity index is 463. The summed E-state index contributed by atoms with van der Waals surface area (Å²) in [6.45, 7) is 5.65. The minimum Gasteiger partial charge on any atom is -0.466 e. The summed E-state index contributed by atoms with van der Waals surface area (Å²) in [5.74, 6) is -0.0805. The predicted octanol–water partition coefficient (Wildman–Crippen LogP) is 10.3. The van der Waals surface area contributed by atoms with Crippen LogP contribution in [0.25, 0.3) is 0 Å². The Morgan fingerprint density at radius 3 is 0.917 bits per heavy atom. The molecular weight excluding hydrogens is 448 g/mol. The zero-order valence-corrected chi connectivity index (χ0v) is 24.4. The van der Waals surface area contributed by atoms with E-state index >= 15 is 0 Å². The van der Waals surface area contributed by atoms with E-state index in [-0.39, 0.29) is 11.9 Å². The molecule has 0 saturated carbocycles. The average molecular weight is 511 g/mol. The van der Waals surface area contributed by atoms with Crippen molar-refractivity contribution in [1.29, 1.82) is 0 Å². The van der Waals surface area contributed by atoms with Crippen LogP contribution in [0.2, 0.25) is 0 Å². The van der Waals surface area contributed by atoms with Crippen LogP contribution in [0, 0.1) is 0 Å². The van der Waals surface area contributed by atoms with Crippen LogP contribution in [0.1, 0.15) is 181 Å². The number of esters is 2. The average Bonchev–Trinajstić information content (AvgIpc) is 2.87. The molecule has 4 heteroatoms. The van der Waals surface area contributed by atoms with Gasteiger partial charge in [-0.1, -0.05) is 142 Å². The van der Waals surface area contributed by atoms with Gasteiger partial charge in [-0.15, -0.1) is 0 Å². The minimum atomic E-state index is -0.0447. The molecule has 0 aromatic heterocycles. The van der Waals surface area contributed by atoms with E-state index in [1.165, 1.54) is 96.3 Å². The van der Waals surface area contributed by atoms with Crippen LogP contribution in [0.15, 0.2) is 0 Å². The second kappa shape index (κ2) is 30.2. The lowest BCUT2D eigenvalue weighted by atomic mass is 10.0. The summed E-state index contributed by atoms with van der Waals surface area (Å²) in [6.07, 6.45) is 30.5. The maximum Gasteiger partial charge on any atom is 0.305 e. The van der Waals surface area contributed by atoms with E-state index < -0.39 is 0 Å². The molecule has 0 aliphatic carbocycles. The third-order valence-corrected chi connectivity index (χ3v) is 7.03. The first-order chi connectivity index (χ1) is 17.7. The maximum atomic E-state index is 11.9. The van der Waals surface area contributed by atoms with Crippen LogP contribution >= 0.6 is 0 Å². The van der Waals surface area contributed by atoms with Gasteiger partial charge in [-0.3, -0.25) is 9.59 Å². The number of carbonyl (C=O) groups excluding carboxylic acids is 2. The van der Waals surface area contributed by atoms with E-state index in [0.29, 0.717) is 26.1 Å². The van der Waals surface area contributed by atoms with Gasteiger partial charge in [-0.05, 0) is 25.7 Å². The molecule has 0 atom stereocenters. The molecule has 0 saturated heterocycles. The molecule has 0 aromatic rings. The Morgan fingerprint density at radius 2 is 0.611 bits per heavy atom. The molecule has 0 rings (SSSR count). The van der Waals surface area contributed by atoms with Crippen molar-refractivity contribution in [3.8, 4) is 0 Å². The van der Waals surface area contributed by atoms with Crippen LogP contribution in [0.3, 0.4) is 0 Å². The van der Waals surface area contributed by atoms with E-state index in [1.807, 2.05) is 0 Å². The lowest BCUT2D eigenvalue weighted by Crippen LogP contribution is -2.06. The fourth-order valence-corrected chi connectivity index (χ4v) is 4.59. The second-order valence-electron chi connectivity index (χ2n) is 10.7. The van der Waals surface area contributed by atoms with Crippen molar-refractivity contribution in [1.82, 2.24) is 0 Å². The summed E-state index contributed by atoms with van der Waals surface area (Å²) in [4.78, 5) is 23.6. The van der Waals surface area contributed by atoms with Crippen molar-refractivity contribution in [3.05, 3.63) is 0 Å². The monoisotopic (exact) mass is 510 g/mol. The Kier molecular flexibility index (Phi) is 29.3. The Balaban J connectivity index is 3.23. The summed E-state index contributed by atoms with van der Waals surface area (Å²) >= 11 is 0. The molecule has 0 aromatic carbocycles. The van der Waals surface area contributed by atoms with Crippen molar-refractivity contribution < 1.29 is 19.1 Å². The molecule has 0 radical (unpaired) electrons. The number of rotatable bonds is 29. The summed E-state index contributed by atoms with van der Waals surface area (Å²) in [7, 11) is 0. The third-order valence-electron chi connectivity index (χ3n) is 7.03. The van der Waals surface area contributed by atoms with Crippen LogP contribution < -0.4 is 0 Å². The maximum absolute atomic E-state index is 11.9. The summed E-state index contributed by atoms with van der Waals surface area (Å²) in [5.41, 5.74) is 0. The molecule has 4 nitrogen and oxygen atoms in total. The molecule has 0 spiro atoms. The molecule has 0 bridgehead atoms. The van der Waals surface area contributed by atoms with Crippen molar-refractivity contribution in [2.24, 2.45) is 0 Å². The predicted molar refractivity (Wildman–Crippen MR) is 153 cm³/mol. The van der Waals surface area contributed by atoms with E-state index in [9.17, 15) is 9.59 Å². The zero-order valence-electron chi connectivity index (χ0n) is 24.4. The van der Waals surface area contributed by atoms with E-state index in [4.69, 9.17) is 9.47 Å². The number of carbonyl (C=O) groups is 2. The van der Waals surface area contributed by atoms with Gasteiger partial charge in [0, 0.05) is 12.8 Å². The molecule has 0 N–H and O–H groups in total. The lowest BCUT2D eigenvalue weighted by Gasteiger charge is -2.06. The van der Waals surface area contributed by atoms with E-state index in [1.54, 1.807) is 0 Å². The molecule has 0 aliphatic rings. The molecule has 36 heavy (non-hydrogen) atoms. The Morgan fingerprint density at radius 1 is 0.361 bits per heavy atom. The van der Waals surface area contributed by atoms with Gasteiger partial charge in [-0.2, -0.15) is 0 Å². The normalized spacial score (nSPS) is 11.1. The van der Waals surface area contributed by atoms with Crippen LogP contribution in [0.4, 0.5) is 0 Å². The van der Waals surface area contributed by atoms with E-state index in [0.717, 1.165) is 57.8 Å². The molecule has 0 unspecified atom stereocenters. The first-order valence-corrected chi connectivity index (χ1v) is 16.0. The number of ether oxygens (including phenoxy) is 2. The molecule has 0 aliphatic heterocycles. The van der Waals surface area contributed by atoms with Crippen LogP contribution in [0.5, 0.6) is 0 Å². The molecular formula is C32H62O4. The van der Waals surface area contributed by atoms with Gasteiger partial charge in [0.05, 0.1) is 13.2 Å². The molecule has 0 amide bonds. The highest BCUT2D eigenvalue weighted by molar-refractivity contribution is 5.69. The quantitative estimate of drug-likeness (QED) is 0.0741. The number of unbranched alkanes of at least 4 members (excludes halogenated alkanes) is 21. The lowest BCUT2D eigenvalue weighted by molar-refractivity contribution is -0.144. The first-order valence-electron chi connectivity index (χ1n) is 16.0. The molecule has 0 fully saturated rings. The van der Waals surface area contributed by atoms with Crippen molar-refractivity contribution in [2.75, 3.05) is 13.2 Å². The van der Waals surface area contributed by atoms with E-state index in [2.05, 4.69) is 13.8 Å². The van der Waals surface area contributed by atoms with Crippen molar-refractivity contribution in [3.63, 3.8) is 0 Å². The fraction of sp³-hybridized carbons (Fsp3) is 0.938. The smallest absolute Gasteiger partial charge is 0.305 e. The summed E-state index contributed by atoms with van der Waals surface area (Å²) in [6, 6.07) is 0. The standard InChI is InChI=1S/C32H62O4/c1-3-5-7-9-10-11-12-13-14-15-18-22-26-30-36-32(34)28-24-20-17-16-19-23-27-31(33)35-29-25-21-8-6-4-2/h3-30H2,1-2H3. The molecule has 214 valence electrons. The number of hydrogen-bond donors (Lipinski definition) is 0. The highest BCUT2D eigenvalue weighted by Gasteiger charge is 2.04. The Hall–Kier alpha value is -1.06. The third kappa shape index (κ3) is 29.2. The van der Waals surface area contributed by atoms with Gasteiger partial charge in [0.15, 0.2) is 0 Å². The zero-order chi connectivity index (χ0) is 26.4. The Labute approximate surface area is 225 Å². The van der Waals surface area contributed by atoms with Crippen LogP contribution in [-0.4, -0.2) is 25.2 Å². The summed E-state index contributed by atoms with van der Waals surface area (Å²) in [5, 5.41) is 0. The fourth-order valence-electron chi connectivity index (χ4n) is 4.59. The van der Waals surface area contributed by atoms with Crippen molar-refractivity contribution in [2.45, 2.75) is 181 Å². The first kappa shape index (κ1) is 34.9. The number of hydrogen-bond acceptors (Lipinski definition) is 4. The van der Waals surface area contributed by atoms with Gasteiger partial charge < -0.3 is 9.47 Å². The highest BCUT2D eigenvalue weighted by Crippen LogP contribution is 2.13. The van der Waals surface area contributed by atoms with Gasteiger partial charge in [-0.25, -0.2) is 0 Å². The van der Waals surface area contributed by atoms with Gasteiger partial charge in [0.25, 0.3) is 0 Å². The van der Waals surface area contributed by atoms with Crippen LogP contribution in [-0.2, 0) is 19.1 Å². The van der Waals surface area contributed by atoms with Crippen molar-refractivity contribution >= 4 is 11.9 Å². The molecule has 0 heterocycles. The van der Waals surface area contributed by atoms with Gasteiger partial charge in [0.1, 0.15) is 0 Å². The highest BCUT2D eigenvalue weighted by atomic mass is 16.5. The van der Waals surface area contributed by atoms with Gasteiger partial charge >= 0.3 is 11.9 Å². The topological polar surface area (TPSA) is 52.6 Å². The summed E-state index contributed by atoms with van der Waals surface area (Å²) < 4.78 is 10.7. The minimum absolute atomic E-state index is 0.0358. The second-order valence-corrected chi connectivity index (χ2v) is 10.7. The largest absolute Gasteiger partial charge is 0.466 e.